The first-order valence-corrected chi connectivity index (χ1v) is 6.77. The lowest BCUT2D eigenvalue weighted by Gasteiger charge is -2.16. The van der Waals surface area contributed by atoms with Crippen LogP contribution >= 0.6 is 15.9 Å². The van der Waals surface area contributed by atoms with Crippen LogP contribution in [-0.2, 0) is 4.79 Å². The summed E-state index contributed by atoms with van der Waals surface area (Å²) in [4.78, 5) is 25.8. The summed E-state index contributed by atoms with van der Waals surface area (Å²) in [6.45, 7) is 0. The first-order valence-electron chi connectivity index (χ1n) is 5.98. The normalized spacial score (nSPS) is 11.8. The van der Waals surface area contributed by atoms with Gasteiger partial charge in [-0.3, -0.25) is 9.59 Å². The largest absolute Gasteiger partial charge is 0.481 e. The standard InChI is InChI=1S/C14H13BrN2O3/c15-10-6-12(16-8-10)14(20)17-11(7-13(18)19)9-4-2-1-3-5-9/h1-6,8,11,16H,7H2,(H,17,20)(H,18,19)/t11-/m1/s1. The fourth-order valence-electron chi connectivity index (χ4n) is 1.85. The van der Waals surface area contributed by atoms with E-state index in [1.54, 1.807) is 24.4 Å². The van der Waals surface area contributed by atoms with E-state index in [0.29, 0.717) is 5.69 Å². The number of carboxylic acid groups (broad SMARTS) is 1. The van der Waals surface area contributed by atoms with Gasteiger partial charge in [0.25, 0.3) is 5.91 Å². The van der Waals surface area contributed by atoms with E-state index >= 15 is 0 Å². The molecule has 1 heterocycles. The molecular formula is C14H13BrN2O3. The van der Waals surface area contributed by atoms with Gasteiger partial charge in [0.2, 0.25) is 0 Å². The average molecular weight is 337 g/mol. The maximum Gasteiger partial charge on any atom is 0.305 e. The molecule has 0 aliphatic carbocycles. The highest BCUT2D eigenvalue weighted by Gasteiger charge is 2.19. The fraction of sp³-hybridized carbons (Fsp3) is 0.143. The van der Waals surface area contributed by atoms with Gasteiger partial charge in [-0.2, -0.15) is 0 Å². The number of aromatic nitrogens is 1. The second kappa shape index (κ2) is 6.38. The lowest BCUT2D eigenvalue weighted by Crippen LogP contribution is -2.30. The van der Waals surface area contributed by atoms with Crippen molar-refractivity contribution >= 4 is 27.8 Å². The molecular weight excluding hydrogens is 324 g/mol. The predicted octanol–water partition coefficient (Wildman–Crippen LogP) is 2.72. The van der Waals surface area contributed by atoms with E-state index in [1.165, 1.54) is 0 Å². The number of rotatable bonds is 5. The van der Waals surface area contributed by atoms with Crippen molar-refractivity contribution in [3.05, 3.63) is 58.3 Å². The van der Waals surface area contributed by atoms with Gasteiger partial charge in [0.15, 0.2) is 0 Å². The molecule has 0 spiro atoms. The van der Waals surface area contributed by atoms with Crippen molar-refractivity contribution < 1.29 is 14.7 Å². The van der Waals surface area contributed by atoms with Gasteiger partial charge in [0, 0.05) is 10.7 Å². The number of aromatic amines is 1. The number of carbonyl (C=O) groups excluding carboxylic acids is 1. The SMILES string of the molecule is O=C(O)C[C@@H](NC(=O)c1cc(Br)c[nH]1)c1ccccc1. The third-order valence-corrected chi connectivity index (χ3v) is 3.24. The number of carbonyl (C=O) groups is 2. The lowest BCUT2D eigenvalue weighted by molar-refractivity contribution is -0.137. The smallest absolute Gasteiger partial charge is 0.305 e. The highest BCUT2D eigenvalue weighted by atomic mass is 79.9. The molecule has 0 unspecified atom stereocenters. The Morgan fingerprint density at radius 2 is 2.00 bits per heavy atom. The minimum Gasteiger partial charge on any atom is -0.481 e. The zero-order chi connectivity index (χ0) is 14.5. The average Bonchev–Trinajstić information content (AvgIpc) is 2.85. The Morgan fingerprint density at radius 1 is 1.30 bits per heavy atom. The first kappa shape index (κ1) is 14.3. The zero-order valence-electron chi connectivity index (χ0n) is 10.5. The van der Waals surface area contributed by atoms with Crippen molar-refractivity contribution in [1.29, 1.82) is 0 Å². The van der Waals surface area contributed by atoms with E-state index in [2.05, 4.69) is 26.2 Å². The van der Waals surface area contributed by atoms with Crippen molar-refractivity contribution in [3.63, 3.8) is 0 Å². The van der Waals surface area contributed by atoms with Crippen LogP contribution < -0.4 is 5.32 Å². The molecule has 0 bridgehead atoms. The minimum absolute atomic E-state index is 0.169. The number of nitrogens with one attached hydrogen (secondary N) is 2. The molecule has 3 N–H and O–H groups in total. The quantitative estimate of drug-likeness (QED) is 0.785. The predicted molar refractivity (Wildman–Crippen MR) is 77.4 cm³/mol. The molecule has 0 fully saturated rings. The van der Waals surface area contributed by atoms with Gasteiger partial charge in [-0.05, 0) is 27.6 Å². The molecule has 0 saturated carbocycles. The Labute approximate surface area is 124 Å². The van der Waals surface area contributed by atoms with Crippen LogP contribution in [0.4, 0.5) is 0 Å². The number of benzene rings is 1. The third kappa shape index (κ3) is 3.71. The van der Waals surface area contributed by atoms with Crippen molar-refractivity contribution in [2.75, 3.05) is 0 Å². The van der Waals surface area contributed by atoms with Gasteiger partial charge in [0.1, 0.15) is 5.69 Å². The highest BCUT2D eigenvalue weighted by Crippen LogP contribution is 2.18. The van der Waals surface area contributed by atoms with Crippen molar-refractivity contribution in [2.24, 2.45) is 0 Å². The number of aliphatic carboxylic acids is 1. The molecule has 1 aromatic heterocycles. The molecule has 2 rings (SSSR count). The van der Waals surface area contributed by atoms with Crippen molar-refractivity contribution in [1.82, 2.24) is 10.3 Å². The van der Waals surface area contributed by atoms with Gasteiger partial charge in [-0.1, -0.05) is 30.3 Å². The Kier molecular flexibility index (Phi) is 4.57. The number of hydrogen-bond acceptors (Lipinski definition) is 2. The number of halogens is 1. The number of amides is 1. The van der Waals surface area contributed by atoms with Gasteiger partial charge in [0.05, 0.1) is 12.5 Å². The molecule has 0 aliphatic rings. The van der Waals surface area contributed by atoms with Crippen LogP contribution in [0, 0.1) is 0 Å². The fourth-order valence-corrected chi connectivity index (χ4v) is 2.19. The summed E-state index contributed by atoms with van der Waals surface area (Å²) >= 11 is 3.25. The Bertz CT molecular complexity index is 610. The van der Waals surface area contributed by atoms with E-state index in [-0.39, 0.29) is 12.3 Å². The van der Waals surface area contributed by atoms with E-state index < -0.39 is 12.0 Å². The second-order valence-electron chi connectivity index (χ2n) is 4.27. The van der Waals surface area contributed by atoms with Gasteiger partial charge in [-0.25, -0.2) is 0 Å². The Hall–Kier alpha value is -2.08. The summed E-state index contributed by atoms with van der Waals surface area (Å²) in [7, 11) is 0. The molecule has 5 nitrogen and oxygen atoms in total. The Balaban J connectivity index is 2.16. The molecule has 104 valence electrons. The third-order valence-electron chi connectivity index (χ3n) is 2.78. The summed E-state index contributed by atoms with van der Waals surface area (Å²) < 4.78 is 0.761. The van der Waals surface area contributed by atoms with Crippen LogP contribution in [0.1, 0.15) is 28.5 Å². The molecule has 1 amide bonds. The summed E-state index contributed by atoms with van der Waals surface area (Å²) in [6, 6.07) is 10.1. The number of hydrogen-bond donors (Lipinski definition) is 3. The van der Waals surface area contributed by atoms with E-state index in [9.17, 15) is 9.59 Å². The van der Waals surface area contributed by atoms with Crippen LogP contribution in [0.2, 0.25) is 0 Å². The summed E-state index contributed by atoms with van der Waals surface area (Å²) in [5, 5.41) is 11.7. The molecule has 0 aliphatic heterocycles. The monoisotopic (exact) mass is 336 g/mol. The summed E-state index contributed by atoms with van der Waals surface area (Å²) in [5.74, 6) is -1.31. The van der Waals surface area contributed by atoms with Gasteiger partial charge < -0.3 is 15.4 Å². The molecule has 0 radical (unpaired) electrons. The van der Waals surface area contributed by atoms with E-state index in [1.807, 2.05) is 18.2 Å². The van der Waals surface area contributed by atoms with Crippen LogP contribution in [0.15, 0.2) is 47.1 Å². The zero-order valence-corrected chi connectivity index (χ0v) is 12.1. The molecule has 1 aromatic carbocycles. The second-order valence-corrected chi connectivity index (χ2v) is 5.18. The minimum atomic E-state index is -0.966. The summed E-state index contributed by atoms with van der Waals surface area (Å²) in [5.41, 5.74) is 1.14. The van der Waals surface area contributed by atoms with Crippen LogP contribution in [0.25, 0.3) is 0 Å². The van der Waals surface area contributed by atoms with Gasteiger partial charge >= 0.3 is 5.97 Å². The van der Waals surface area contributed by atoms with E-state index in [0.717, 1.165) is 10.0 Å². The van der Waals surface area contributed by atoms with Crippen LogP contribution in [-0.4, -0.2) is 22.0 Å². The highest BCUT2D eigenvalue weighted by molar-refractivity contribution is 9.10. The van der Waals surface area contributed by atoms with Gasteiger partial charge in [-0.15, -0.1) is 0 Å². The van der Waals surface area contributed by atoms with Crippen LogP contribution in [0.5, 0.6) is 0 Å². The first-order chi connectivity index (χ1) is 9.56. The number of carboxylic acids is 1. The Morgan fingerprint density at radius 3 is 2.55 bits per heavy atom. The van der Waals surface area contributed by atoms with Crippen molar-refractivity contribution in [2.45, 2.75) is 12.5 Å². The van der Waals surface area contributed by atoms with Crippen LogP contribution in [0.3, 0.4) is 0 Å². The molecule has 1 atom stereocenters. The topological polar surface area (TPSA) is 82.2 Å². The maximum atomic E-state index is 12.1. The molecule has 2 aromatic rings. The van der Waals surface area contributed by atoms with Crippen molar-refractivity contribution in [3.8, 4) is 0 Å². The summed E-state index contributed by atoms with van der Waals surface area (Å²) in [6.07, 6.45) is 1.47. The number of H-pyrrole nitrogens is 1. The molecule has 20 heavy (non-hydrogen) atoms. The maximum absolute atomic E-state index is 12.1. The lowest BCUT2D eigenvalue weighted by atomic mass is 10.0. The van der Waals surface area contributed by atoms with E-state index in [4.69, 9.17) is 5.11 Å². The molecule has 6 heteroatoms. The molecule has 0 saturated heterocycles.